The van der Waals surface area contributed by atoms with Crippen molar-refractivity contribution in [2.45, 2.75) is 25.8 Å². The number of nitrogens with one attached hydrogen (secondary N) is 1. The summed E-state index contributed by atoms with van der Waals surface area (Å²) in [6, 6.07) is 0. The predicted molar refractivity (Wildman–Crippen MR) is 58.1 cm³/mol. The van der Waals surface area contributed by atoms with Gasteiger partial charge in [-0.15, -0.1) is 6.58 Å². The highest BCUT2D eigenvalue weighted by Crippen LogP contribution is 2.20. The zero-order chi connectivity index (χ0) is 10.1. The van der Waals surface area contributed by atoms with E-state index in [1.165, 1.54) is 0 Å². The van der Waals surface area contributed by atoms with E-state index in [0.717, 1.165) is 30.5 Å². The van der Waals surface area contributed by atoms with Crippen molar-refractivity contribution < 1.29 is 0 Å². The van der Waals surface area contributed by atoms with Crippen LogP contribution < -0.4 is 5.69 Å². The standard InChI is InChI=1S/C10H12N2OS/c1-2-6-12-8-5-3-4-7(8)9(14)11-10(12)13/h2H,1,3-6H2,(H,11,13,14). The van der Waals surface area contributed by atoms with Gasteiger partial charge in [-0.2, -0.15) is 0 Å². The second-order valence-corrected chi connectivity index (χ2v) is 3.85. The van der Waals surface area contributed by atoms with Gasteiger partial charge in [0.25, 0.3) is 0 Å². The largest absolute Gasteiger partial charge is 0.327 e. The van der Waals surface area contributed by atoms with E-state index in [0.29, 0.717) is 11.2 Å². The summed E-state index contributed by atoms with van der Waals surface area (Å²) in [5.41, 5.74) is 2.12. The fourth-order valence-electron chi connectivity index (χ4n) is 1.96. The van der Waals surface area contributed by atoms with Crippen molar-refractivity contribution in [1.82, 2.24) is 9.55 Å². The lowest BCUT2D eigenvalue weighted by atomic mass is 10.2. The molecule has 0 saturated heterocycles. The van der Waals surface area contributed by atoms with Crippen molar-refractivity contribution in [2.75, 3.05) is 0 Å². The Morgan fingerprint density at radius 3 is 3.07 bits per heavy atom. The molecule has 1 heterocycles. The number of nitrogens with zero attached hydrogens (tertiary/aromatic N) is 1. The Labute approximate surface area is 87.1 Å². The quantitative estimate of drug-likeness (QED) is 0.592. The van der Waals surface area contributed by atoms with E-state index in [9.17, 15) is 4.79 Å². The minimum Gasteiger partial charge on any atom is -0.298 e. The fraction of sp³-hybridized carbons (Fsp3) is 0.400. The summed E-state index contributed by atoms with van der Waals surface area (Å²) in [5.74, 6) is 0. The number of hydrogen-bond donors (Lipinski definition) is 1. The molecule has 2 rings (SSSR count). The van der Waals surface area contributed by atoms with Crippen LogP contribution in [-0.4, -0.2) is 9.55 Å². The molecule has 0 aliphatic heterocycles. The highest BCUT2D eigenvalue weighted by atomic mass is 32.1. The van der Waals surface area contributed by atoms with E-state index in [-0.39, 0.29) is 5.69 Å². The van der Waals surface area contributed by atoms with Crippen LogP contribution in [0.4, 0.5) is 0 Å². The maximum atomic E-state index is 11.6. The van der Waals surface area contributed by atoms with E-state index in [1.54, 1.807) is 10.6 Å². The van der Waals surface area contributed by atoms with Gasteiger partial charge in [0, 0.05) is 17.8 Å². The van der Waals surface area contributed by atoms with E-state index in [1.807, 2.05) is 0 Å². The third-order valence-electron chi connectivity index (χ3n) is 2.57. The molecule has 0 spiro atoms. The van der Waals surface area contributed by atoms with Crippen LogP contribution in [0, 0.1) is 4.64 Å². The molecule has 0 bridgehead atoms. The Balaban J connectivity index is 2.71. The molecule has 0 unspecified atom stereocenters. The lowest BCUT2D eigenvalue weighted by molar-refractivity contribution is 0.693. The maximum absolute atomic E-state index is 11.6. The lowest BCUT2D eigenvalue weighted by Crippen LogP contribution is -2.26. The van der Waals surface area contributed by atoms with Gasteiger partial charge in [0.1, 0.15) is 4.64 Å². The van der Waals surface area contributed by atoms with Gasteiger partial charge >= 0.3 is 5.69 Å². The zero-order valence-electron chi connectivity index (χ0n) is 7.88. The third kappa shape index (κ3) is 1.35. The van der Waals surface area contributed by atoms with Crippen LogP contribution in [0.5, 0.6) is 0 Å². The van der Waals surface area contributed by atoms with Crippen molar-refractivity contribution in [2.24, 2.45) is 0 Å². The normalized spacial score (nSPS) is 14.0. The first-order valence-electron chi connectivity index (χ1n) is 4.70. The van der Waals surface area contributed by atoms with E-state index >= 15 is 0 Å². The molecule has 0 fully saturated rings. The topological polar surface area (TPSA) is 37.8 Å². The van der Waals surface area contributed by atoms with Gasteiger partial charge in [-0.05, 0) is 19.3 Å². The van der Waals surface area contributed by atoms with Crippen LogP contribution in [0.25, 0.3) is 0 Å². The molecule has 0 atom stereocenters. The number of fused-ring (bicyclic) bond motifs is 1. The predicted octanol–water partition coefficient (Wildman–Crippen LogP) is 1.58. The van der Waals surface area contributed by atoms with Gasteiger partial charge in [-0.1, -0.05) is 18.3 Å². The van der Waals surface area contributed by atoms with Gasteiger partial charge in [0.2, 0.25) is 0 Å². The molecule has 0 amide bonds. The van der Waals surface area contributed by atoms with Gasteiger partial charge in [-0.3, -0.25) is 9.55 Å². The Hall–Kier alpha value is -1.16. The minimum atomic E-state index is -0.115. The van der Waals surface area contributed by atoms with Crippen LogP contribution in [-0.2, 0) is 19.4 Å². The summed E-state index contributed by atoms with van der Waals surface area (Å²) in [5, 5.41) is 0. The number of hydrogen-bond acceptors (Lipinski definition) is 2. The van der Waals surface area contributed by atoms with Crippen molar-refractivity contribution >= 4 is 12.2 Å². The molecule has 1 N–H and O–H groups in total. The summed E-state index contributed by atoms with van der Waals surface area (Å²) < 4.78 is 2.34. The lowest BCUT2D eigenvalue weighted by Gasteiger charge is -2.08. The molecular weight excluding hydrogens is 196 g/mol. The van der Waals surface area contributed by atoms with Crippen molar-refractivity contribution in [3.8, 4) is 0 Å². The summed E-state index contributed by atoms with van der Waals surface area (Å²) >= 11 is 5.12. The second-order valence-electron chi connectivity index (χ2n) is 3.44. The number of rotatable bonds is 2. The fourth-order valence-corrected chi connectivity index (χ4v) is 2.26. The zero-order valence-corrected chi connectivity index (χ0v) is 8.69. The highest BCUT2D eigenvalue weighted by molar-refractivity contribution is 7.71. The number of aromatic nitrogens is 2. The molecule has 0 saturated carbocycles. The third-order valence-corrected chi connectivity index (χ3v) is 2.91. The summed E-state index contributed by atoms with van der Waals surface area (Å²) in [7, 11) is 0. The summed E-state index contributed by atoms with van der Waals surface area (Å²) in [4.78, 5) is 14.3. The van der Waals surface area contributed by atoms with Crippen LogP contribution in [0.1, 0.15) is 17.7 Å². The SMILES string of the molecule is C=CCn1c2c(c(=S)[nH]c1=O)CCC2. The van der Waals surface area contributed by atoms with Gasteiger partial charge < -0.3 is 0 Å². The molecule has 14 heavy (non-hydrogen) atoms. The molecule has 4 heteroatoms. The Bertz CT molecular complexity index is 484. The Morgan fingerprint density at radius 1 is 1.57 bits per heavy atom. The second kappa shape index (κ2) is 3.53. The van der Waals surface area contributed by atoms with Crippen LogP contribution >= 0.6 is 12.2 Å². The van der Waals surface area contributed by atoms with Crippen molar-refractivity contribution in [3.63, 3.8) is 0 Å². The number of aromatic amines is 1. The van der Waals surface area contributed by atoms with Crippen LogP contribution in [0.2, 0.25) is 0 Å². The van der Waals surface area contributed by atoms with Gasteiger partial charge in [0.05, 0.1) is 0 Å². The maximum Gasteiger partial charge on any atom is 0.327 e. The average molecular weight is 208 g/mol. The Kier molecular flexibility index (Phi) is 2.37. The Morgan fingerprint density at radius 2 is 2.36 bits per heavy atom. The molecule has 3 nitrogen and oxygen atoms in total. The van der Waals surface area contributed by atoms with Gasteiger partial charge in [-0.25, -0.2) is 4.79 Å². The first-order valence-corrected chi connectivity index (χ1v) is 5.10. The average Bonchev–Trinajstić information content (AvgIpc) is 2.60. The van der Waals surface area contributed by atoms with E-state index in [2.05, 4.69) is 11.6 Å². The first kappa shape index (κ1) is 9.40. The monoisotopic (exact) mass is 208 g/mol. The minimum absolute atomic E-state index is 0.115. The number of H-pyrrole nitrogens is 1. The molecule has 74 valence electrons. The molecule has 1 aliphatic rings. The van der Waals surface area contributed by atoms with Crippen LogP contribution in [0.3, 0.4) is 0 Å². The number of allylic oxidation sites excluding steroid dienone is 1. The van der Waals surface area contributed by atoms with E-state index < -0.39 is 0 Å². The molecule has 1 aromatic rings. The first-order chi connectivity index (χ1) is 6.74. The molecule has 1 aliphatic carbocycles. The molecular formula is C10H12N2OS. The summed E-state index contributed by atoms with van der Waals surface area (Å²) in [6.45, 7) is 4.21. The van der Waals surface area contributed by atoms with Gasteiger partial charge in [0.15, 0.2) is 0 Å². The van der Waals surface area contributed by atoms with E-state index in [4.69, 9.17) is 12.2 Å². The smallest absolute Gasteiger partial charge is 0.298 e. The molecule has 0 aromatic carbocycles. The molecule has 0 radical (unpaired) electrons. The highest BCUT2D eigenvalue weighted by Gasteiger charge is 2.17. The summed E-state index contributed by atoms with van der Waals surface area (Å²) in [6.07, 6.45) is 4.77. The molecule has 1 aromatic heterocycles. The van der Waals surface area contributed by atoms with Crippen molar-refractivity contribution in [3.05, 3.63) is 39.0 Å². The van der Waals surface area contributed by atoms with Crippen molar-refractivity contribution in [1.29, 1.82) is 0 Å². The van der Waals surface area contributed by atoms with Crippen LogP contribution in [0.15, 0.2) is 17.4 Å².